The molecule has 0 atom stereocenters. The molecule has 0 aliphatic heterocycles. The third-order valence-electron chi connectivity index (χ3n) is 2.34. The third kappa shape index (κ3) is 4.46. The summed E-state index contributed by atoms with van der Waals surface area (Å²) < 4.78 is 0. The largest absolute Gasteiger partial charge is 0.478 e. The van der Waals surface area contributed by atoms with Gasteiger partial charge in [0.05, 0.1) is 11.3 Å². The van der Waals surface area contributed by atoms with Crippen LogP contribution < -0.4 is 10.6 Å². The molecule has 2 amide bonds. The number of amides is 2. The monoisotopic (exact) mass is 274 g/mol. The van der Waals surface area contributed by atoms with Crippen molar-refractivity contribution in [2.75, 3.05) is 10.6 Å². The van der Waals surface area contributed by atoms with Crippen LogP contribution in [0.5, 0.6) is 0 Å². The standard InChI is InChI=1S/C14H14N2O4/c1-3-4-5-13(18)16-12-7-6-10(15-9(2)17)8-11(12)14(19)20/h1,6-8H,4-5H2,2H3,(H,15,17)(H,16,18)(H,19,20). The van der Waals surface area contributed by atoms with Gasteiger partial charge in [-0.15, -0.1) is 12.3 Å². The minimum Gasteiger partial charge on any atom is -0.478 e. The van der Waals surface area contributed by atoms with Crippen LogP contribution in [-0.2, 0) is 9.59 Å². The third-order valence-corrected chi connectivity index (χ3v) is 2.34. The van der Waals surface area contributed by atoms with Gasteiger partial charge in [0, 0.05) is 25.5 Å². The van der Waals surface area contributed by atoms with Crippen LogP contribution >= 0.6 is 0 Å². The summed E-state index contributed by atoms with van der Waals surface area (Å²) in [6.07, 6.45) is 5.44. The first-order valence-electron chi connectivity index (χ1n) is 5.82. The molecule has 1 rings (SSSR count). The number of carbonyl (C=O) groups excluding carboxylic acids is 2. The molecule has 0 radical (unpaired) electrons. The van der Waals surface area contributed by atoms with E-state index in [4.69, 9.17) is 11.5 Å². The van der Waals surface area contributed by atoms with Gasteiger partial charge in [-0.3, -0.25) is 9.59 Å². The van der Waals surface area contributed by atoms with Crippen molar-refractivity contribution >= 4 is 29.2 Å². The summed E-state index contributed by atoms with van der Waals surface area (Å²) in [5.41, 5.74) is 0.399. The second kappa shape index (κ2) is 6.95. The molecular weight excluding hydrogens is 260 g/mol. The molecule has 1 aromatic carbocycles. The van der Waals surface area contributed by atoms with Crippen molar-refractivity contribution in [3.05, 3.63) is 23.8 Å². The van der Waals surface area contributed by atoms with Crippen LogP contribution in [0.1, 0.15) is 30.1 Å². The Morgan fingerprint density at radius 1 is 1.30 bits per heavy atom. The van der Waals surface area contributed by atoms with Crippen LogP contribution in [-0.4, -0.2) is 22.9 Å². The molecule has 6 heteroatoms. The normalized spacial score (nSPS) is 9.40. The Morgan fingerprint density at radius 3 is 2.55 bits per heavy atom. The number of rotatable bonds is 5. The quantitative estimate of drug-likeness (QED) is 0.712. The molecule has 104 valence electrons. The maximum atomic E-state index is 11.5. The highest BCUT2D eigenvalue weighted by molar-refractivity contribution is 6.02. The molecule has 20 heavy (non-hydrogen) atoms. The minimum atomic E-state index is -1.20. The minimum absolute atomic E-state index is 0.106. The van der Waals surface area contributed by atoms with Gasteiger partial charge < -0.3 is 15.7 Å². The summed E-state index contributed by atoms with van der Waals surface area (Å²) in [5.74, 6) is 0.448. The maximum absolute atomic E-state index is 11.5. The van der Waals surface area contributed by atoms with E-state index in [9.17, 15) is 14.4 Å². The van der Waals surface area contributed by atoms with Crippen molar-refractivity contribution in [3.63, 3.8) is 0 Å². The van der Waals surface area contributed by atoms with E-state index in [0.717, 1.165) is 0 Å². The summed E-state index contributed by atoms with van der Waals surface area (Å²) in [6.45, 7) is 1.32. The molecule has 3 N–H and O–H groups in total. The Labute approximate surface area is 116 Å². The Morgan fingerprint density at radius 2 is 2.00 bits per heavy atom. The predicted octanol–water partition coefficient (Wildman–Crippen LogP) is 1.70. The van der Waals surface area contributed by atoms with Gasteiger partial charge in [0.15, 0.2) is 0 Å². The molecule has 0 heterocycles. The van der Waals surface area contributed by atoms with E-state index >= 15 is 0 Å². The second-order valence-corrected chi connectivity index (χ2v) is 4.00. The topological polar surface area (TPSA) is 95.5 Å². The molecule has 0 unspecified atom stereocenters. The second-order valence-electron chi connectivity index (χ2n) is 4.00. The van der Waals surface area contributed by atoms with Gasteiger partial charge in [-0.05, 0) is 18.2 Å². The van der Waals surface area contributed by atoms with Crippen LogP contribution in [0, 0.1) is 12.3 Å². The number of carbonyl (C=O) groups is 3. The van der Waals surface area contributed by atoms with E-state index in [1.165, 1.54) is 25.1 Å². The fourth-order valence-electron chi connectivity index (χ4n) is 1.51. The van der Waals surface area contributed by atoms with E-state index in [0.29, 0.717) is 5.69 Å². The van der Waals surface area contributed by atoms with E-state index in [2.05, 4.69) is 16.6 Å². The van der Waals surface area contributed by atoms with Crippen LogP contribution in [0.25, 0.3) is 0 Å². The van der Waals surface area contributed by atoms with Gasteiger partial charge >= 0.3 is 5.97 Å². The van der Waals surface area contributed by atoms with E-state index < -0.39 is 5.97 Å². The zero-order chi connectivity index (χ0) is 15.1. The van der Waals surface area contributed by atoms with Gasteiger partial charge in [-0.1, -0.05) is 0 Å². The summed E-state index contributed by atoms with van der Waals surface area (Å²) in [5, 5.41) is 14.1. The van der Waals surface area contributed by atoms with Crippen molar-refractivity contribution in [1.29, 1.82) is 0 Å². The molecule has 6 nitrogen and oxygen atoms in total. The first-order valence-corrected chi connectivity index (χ1v) is 5.82. The molecule has 0 aliphatic rings. The number of aromatic carboxylic acids is 1. The molecule has 0 aromatic heterocycles. The first-order chi connectivity index (χ1) is 9.43. The number of benzene rings is 1. The molecule has 0 spiro atoms. The lowest BCUT2D eigenvalue weighted by Crippen LogP contribution is -2.15. The number of carboxylic acids is 1. The van der Waals surface area contributed by atoms with E-state index in [1.807, 2.05) is 0 Å². The molecule has 1 aromatic rings. The number of nitrogens with one attached hydrogen (secondary N) is 2. The Bertz CT molecular complexity index is 587. The summed E-state index contributed by atoms with van der Waals surface area (Å²) in [6, 6.07) is 4.20. The number of anilines is 2. The predicted molar refractivity (Wildman–Crippen MR) is 74.4 cm³/mol. The van der Waals surface area contributed by atoms with Gasteiger partial charge in [0.25, 0.3) is 0 Å². The fraction of sp³-hybridized carbons (Fsp3) is 0.214. The van der Waals surface area contributed by atoms with Crippen LogP contribution in [0.3, 0.4) is 0 Å². The van der Waals surface area contributed by atoms with Crippen molar-refractivity contribution in [2.24, 2.45) is 0 Å². The number of terminal acetylenes is 1. The molecule has 0 fully saturated rings. The van der Waals surface area contributed by atoms with Gasteiger partial charge in [0.1, 0.15) is 0 Å². The van der Waals surface area contributed by atoms with Crippen LogP contribution in [0.15, 0.2) is 18.2 Å². The SMILES string of the molecule is C#CCCC(=O)Nc1ccc(NC(C)=O)cc1C(=O)O. The lowest BCUT2D eigenvalue weighted by atomic mass is 10.1. The summed E-state index contributed by atoms with van der Waals surface area (Å²) in [4.78, 5) is 33.6. The van der Waals surface area contributed by atoms with Gasteiger partial charge in [-0.2, -0.15) is 0 Å². The Balaban J connectivity index is 2.96. The lowest BCUT2D eigenvalue weighted by molar-refractivity contribution is -0.116. The molecule has 0 saturated carbocycles. The number of hydrogen-bond donors (Lipinski definition) is 3. The zero-order valence-electron chi connectivity index (χ0n) is 10.9. The average molecular weight is 274 g/mol. The van der Waals surface area contributed by atoms with E-state index in [1.54, 1.807) is 0 Å². The van der Waals surface area contributed by atoms with Crippen molar-refractivity contribution in [1.82, 2.24) is 0 Å². The molecular formula is C14H14N2O4. The molecule has 0 aliphatic carbocycles. The van der Waals surface area contributed by atoms with Gasteiger partial charge in [-0.25, -0.2) is 4.79 Å². The number of hydrogen-bond acceptors (Lipinski definition) is 3. The maximum Gasteiger partial charge on any atom is 0.337 e. The highest BCUT2D eigenvalue weighted by Gasteiger charge is 2.13. The molecule has 0 bridgehead atoms. The summed E-state index contributed by atoms with van der Waals surface area (Å²) >= 11 is 0. The smallest absolute Gasteiger partial charge is 0.337 e. The zero-order valence-corrected chi connectivity index (χ0v) is 10.9. The van der Waals surface area contributed by atoms with Crippen molar-refractivity contribution < 1.29 is 19.5 Å². The Kier molecular flexibility index (Phi) is 5.30. The van der Waals surface area contributed by atoms with Gasteiger partial charge in [0.2, 0.25) is 11.8 Å². The van der Waals surface area contributed by atoms with Crippen molar-refractivity contribution in [3.8, 4) is 12.3 Å². The molecule has 0 saturated heterocycles. The van der Waals surface area contributed by atoms with Crippen LogP contribution in [0.4, 0.5) is 11.4 Å². The highest BCUT2D eigenvalue weighted by atomic mass is 16.4. The summed E-state index contributed by atoms with van der Waals surface area (Å²) in [7, 11) is 0. The van der Waals surface area contributed by atoms with Crippen LogP contribution in [0.2, 0.25) is 0 Å². The average Bonchev–Trinajstić information content (AvgIpc) is 2.37. The lowest BCUT2D eigenvalue weighted by Gasteiger charge is -2.10. The Hall–Kier alpha value is -2.81. The fourth-order valence-corrected chi connectivity index (χ4v) is 1.51. The van der Waals surface area contributed by atoms with Crippen molar-refractivity contribution in [2.45, 2.75) is 19.8 Å². The number of carboxylic acid groups (broad SMARTS) is 1. The highest BCUT2D eigenvalue weighted by Crippen LogP contribution is 2.21. The first kappa shape index (κ1) is 15.2. The van der Waals surface area contributed by atoms with E-state index in [-0.39, 0.29) is 35.9 Å².